The minimum Gasteiger partial charge on any atom is -1.00 e. The standard InChI is InChI=1S/C14H19NO2.ClH/c1-11-7-5-6-10-15(11)13(14(16)17)12-8-3-2-4-9-12;/h2-4,8-9,11,13H,5-7,10H2,1H3,(H,16,17);1H/p-1. The van der Waals surface area contributed by atoms with Crippen molar-refractivity contribution in [2.24, 2.45) is 0 Å². The average molecular weight is 269 g/mol. The maximum Gasteiger partial charge on any atom is 0.325 e. The molecule has 3 nitrogen and oxygen atoms in total. The Balaban J connectivity index is 0.00000162. The highest BCUT2D eigenvalue weighted by atomic mass is 35.5. The second-order valence-corrected chi connectivity index (χ2v) is 4.73. The number of hydrogen-bond acceptors (Lipinski definition) is 2. The van der Waals surface area contributed by atoms with E-state index in [1.165, 1.54) is 6.42 Å². The fraction of sp³-hybridized carbons (Fsp3) is 0.500. The van der Waals surface area contributed by atoms with E-state index in [0.717, 1.165) is 24.9 Å². The van der Waals surface area contributed by atoms with Gasteiger partial charge in [-0.05, 0) is 31.9 Å². The Bertz CT molecular complexity index is 383. The molecule has 1 aliphatic heterocycles. The van der Waals surface area contributed by atoms with E-state index >= 15 is 0 Å². The molecule has 1 saturated heterocycles. The Morgan fingerprint density at radius 3 is 2.56 bits per heavy atom. The summed E-state index contributed by atoms with van der Waals surface area (Å²) in [5, 5.41) is 9.46. The minimum absolute atomic E-state index is 0. The molecule has 0 radical (unpaired) electrons. The number of carboxylic acids is 1. The summed E-state index contributed by atoms with van der Waals surface area (Å²) in [6.07, 6.45) is 3.40. The molecule has 1 aromatic carbocycles. The molecule has 0 aromatic heterocycles. The SMILES string of the molecule is CC1CCCCN1C(C(=O)O)c1ccccc1.[Cl-]. The fourth-order valence-corrected chi connectivity index (χ4v) is 2.62. The molecule has 1 aliphatic rings. The average Bonchev–Trinajstić information content (AvgIpc) is 2.33. The molecule has 1 fully saturated rings. The second-order valence-electron chi connectivity index (χ2n) is 4.73. The summed E-state index contributed by atoms with van der Waals surface area (Å²) in [4.78, 5) is 13.6. The molecular formula is C14H19ClNO2-. The number of hydrogen-bond donors (Lipinski definition) is 1. The van der Waals surface area contributed by atoms with Gasteiger partial charge < -0.3 is 17.5 Å². The van der Waals surface area contributed by atoms with Crippen molar-refractivity contribution in [2.75, 3.05) is 6.54 Å². The van der Waals surface area contributed by atoms with Gasteiger partial charge in [0.1, 0.15) is 6.04 Å². The smallest absolute Gasteiger partial charge is 0.325 e. The monoisotopic (exact) mass is 268 g/mol. The fourth-order valence-electron chi connectivity index (χ4n) is 2.62. The van der Waals surface area contributed by atoms with Crippen molar-refractivity contribution in [3.63, 3.8) is 0 Å². The lowest BCUT2D eigenvalue weighted by Crippen LogP contribution is -3.00. The Labute approximate surface area is 114 Å². The molecule has 100 valence electrons. The van der Waals surface area contributed by atoms with Gasteiger partial charge >= 0.3 is 5.97 Å². The highest BCUT2D eigenvalue weighted by molar-refractivity contribution is 5.75. The Kier molecular flexibility index (Phi) is 5.63. The van der Waals surface area contributed by atoms with Crippen LogP contribution >= 0.6 is 0 Å². The molecule has 2 rings (SSSR count). The summed E-state index contributed by atoms with van der Waals surface area (Å²) in [5.74, 6) is -0.745. The normalized spacial score (nSPS) is 21.9. The van der Waals surface area contributed by atoms with Crippen LogP contribution in [-0.2, 0) is 4.79 Å². The molecule has 18 heavy (non-hydrogen) atoms. The van der Waals surface area contributed by atoms with Gasteiger partial charge in [0.05, 0.1) is 0 Å². The number of benzene rings is 1. The van der Waals surface area contributed by atoms with Crippen molar-refractivity contribution in [1.82, 2.24) is 4.90 Å². The zero-order valence-corrected chi connectivity index (χ0v) is 11.3. The molecule has 0 aliphatic carbocycles. The van der Waals surface area contributed by atoms with Gasteiger partial charge in [0.15, 0.2) is 0 Å². The molecule has 2 atom stereocenters. The van der Waals surface area contributed by atoms with E-state index in [9.17, 15) is 9.90 Å². The van der Waals surface area contributed by atoms with Gasteiger partial charge in [0.25, 0.3) is 0 Å². The third-order valence-corrected chi connectivity index (χ3v) is 3.54. The van der Waals surface area contributed by atoms with Crippen LogP contribution in [0.3, 0.4) is 0 Å². The molecule has 0 spiro atoms. The number of aliphatic carboxylic acids is 1. The maximum absolute atomic E-state index is 11.5. The van der Waals surface area contributed by atoms with Crippen LogP contribution in [0.25, 0.3) is 0 Å². The summed E-state index contributed by atoms with van der Waals surface area (Å²) in [6, 6.07) is 9.39. The molecule has 0 saturated carbocycles. The molecule has 1 aromatic rings. The van der Waals surface area contributed by atoms with Crippen molar-refractivity contribution in [2.45, 2.75) is 38.3 Å². The van der Waals surface area contributed by atoms with E-state index < -0.39 is 12.0 Å². The molecule has 2 unspecified atom stereocenters. The lowest BCUT2D eigenvalue weighted by atomic mass is 9.97. The van der Waals surface area contributed by atoms with E-state index in [1.54, 1.807) is 0 Å². The number of likely N-dealkylation sites (tertiary alicyclic amines) is 1. The summed E-state index contributed by atoms with van der Waals surface area (Å²) >= 11 is 0. The van der Waals surface area contributed by atoms with Crippen molar-refractivity contribution in [3.8, 4) is 0 Å². The minimum atomic E-state index is -0.745. The number of carbonyl (C=O) groups is 1. The zero-order chi connectivity index (χ0) is 12.3. The van der Waals surface area contributed by atoms with E-state index in [1.807, 2.05) is 30.3 Å². The van der Waals surface area contributed by atoms with Gasteiger partial charge in [-0.15, -0.1) is 0 Å². The number of rotatable bonds is 3. The first kappa shape index (κ1) is 15.0. The molecular weight excluding hydrogens is 250 g/mol. The van der Waals surface area contributed by atoms with E-state index in [4.69, 9.17) is 0 Å². The highest BCUT2D eigenvalue weighted by Crippen LogP contribution is 2.28. The van der Waals surface area contributed by atoms with Crippen LogP contribution < -0.4 is 12.4 Å². The lowest BCUT2D eigenvalue weighted by molar-refractivity contribution is -0.145. The van der Waals surface area contributed by atoms with Crippen LogP contribution in [0.5, 0.6) is 0 Å². The van der Waals surface area contributed by atoms with Crippen molar-refractivity contribution < 1.29 is 22.3 Å². The highest BCUT2D eigenvalue weighted by Gasteiger charge is 2.31. The van der Waals surface area contributed by atoms with Crippen LogP contribution in [-0.4, -0.2) is 28.6 Å². The van der Waals surface area contributed by atoms with Crippen LogP contribution in [0.15, 0.2) is 30.3 Å². The van der Waals surface area contributed by atoms with E-state index in [0.29, 0.717) is 6.04 Å². The number of halogens is 1. The van der Waals surface area contributed by atoms with Gasteiger partial charge in [0.2, 0.25) is 0 Å². The van der Waals surface area contributed by atoms with Crippen molar-refractivity contribution in [1.29, 1.82) is 0 Å². The largest absolute Gasteiger partial charge is 1.00 e. The number of nitrogens with zero attached hydrogens (tertiary/aromatic N) is 1. The third kappa shape index (κ3) is 3.24. The van der Waals surface area contributed by atoms with Crippen molar-refractivity contribution >= 4 is 5.97 Å². The summed E-state index contributed by atoms with van der Waals surface area (Å²) < 4.78 is 0. The molecule has 1 N–H and O–H groups in total. The summed E-state index contributed by atoms with van der Waals surface area (Å²) in [5.41, 5.74) is 0.883. The van der Waals surface area contributed by atoms with Gasteiger partial charge in [0, 0.05) is 6.04 Å². The Morgan fingerprint density at radius 2 is 2.00 bits per heavy atom. The molecule has 4 heteroatoms. The van der Waals surface area contributed by atoms with Gasteiger partial charge in [-0.1, -0.05) is 36.8 Å². The van der Waals surface area contributed by atoms with Crippen LogP contribution in [0.4, 0.5) is 0 Å². The maximum atomic E-state index is 11.5. The first-order chi connectivity index (χ1) is 8.20. The quantitative estimate of drug-likeness (QED) is 0.818. The third-order valence-electron chi connectivity index (χ3n) is 3.54. The van der Waals surface area contributed by atoms with E-state index in [2.05, 4.69) is 11.8 Å². The zero-order valence-electron chi connectivity index (χ0n) is 10.6. The number of piperidine rings is 1. The summed E-state index contributed by atoms with van der Waals surface area (Å²) in [6.45, 7) is 3.01. The first-order valence-electron chi connectivity index (χ1n) is 6.23. The Hall–Kier alpha value is -1.06. The lowest BCUT2D eigenvalue weighted by Gasteiger charge is -2.37. The topological polar surface area (TPSA) is 40.5 Å². The Morgan fingerprint density at radius 1 is 1.33 bits per heavy atom. The molecule has 0 amide bonds. The molecule has 0 bridgehead atoms. The van der Waals surface area contributed by atoms with Crippen molar-refractivity contribution in [3.05, 3.63) is 35.9 Å². The molecule has 1 heterocycles. The predicted molar refractivity (Wildman–Crippen MR) is 66.8 cm³/mol. The summed E-state index contributed by atoms with van der Waals surface area (Å²) in [7, 11) is 0. The second kappa shape index (κ2) is 6.76. The van der Waals surface area contributed by atoms with Gasteiger partial charge in [-0.3, -0.25) is 9.69 Å². The van der Waals surface area contributed by atoms with E-state index in [-0.39, 0.29) is 12.4 Å². The van der Waals surface area contributed by atoms with Gasteiger partial charge in [-0.25, -0.2) is 0 Å². The number of carboxylic acid groups (broad SMARTS) is 1. The van der Waals surface area contributed by atoms with Crippen LogP contribution in [0.2, 0.25) is 0 Å². The first-order valence-corrected chi connectivity index (χ1v) is 6.23. The van der Waals surface area contributed by atoms with Crippen LogP contribution in [0, 0.1) is 0 Å². The predicted octanol–water partition coefficient (Wildman–Crippen LogP) is -0.309. The van der Waals surface area contributed by atoms with Crippen LogP contribution in [0.1, 0.15) is 37.8 Å². The van der Waals surface area contributed by atoms with Gasteiger partial charge in [-0.2, -0.15) is 0 Å².